The van der Waals surface area contributed by atoms with Gasteiger partial charge in [0.15, 0.2) is 0 Å². The molecule has 1 N–H and O–H groups in total. The monoisotopic (exact) mass is 418 g/mol. The molecule has 0 saturated carbocycles. The quantitative estimate of drug-likeness (QED) is 0.719. The molecule has 2 saturated heterocycles. The van der Waals surface area contributed by atoms with Crippen molar-refractivity contribution in [2.45, 2.75) is 43.6 Å². The number of sulfonamides is 2. The van der Waals surface area contributed by atoms with E-state index in [2.05, 4.69) is 4.72 Å². The Balaban J connectivity index is 1.91. The van der Waals surface area contributed by atoms with E-state index in [-0.39, 0.29) is 29.0 Å². The molecule has 0 amide bonds. The van der Waals surface area contributed by atoms with Gasteiger partial charge in [0, 0.05) is 19.7 Å². The number of rotatable bonds is 7. The lowest BCUT2D eigenvalue weighted by Crippen LogP contribution is -2.38. The van der Waals surface area contributed by atoms with Gasteiger partial charge in [0.1, 0.15) is 10.6 Å². The second kappa shape index (κ2) is 8.34. The number of hydrogen-bond acceptors (Lipinski definition) is 6. The van der Waals surface area contributed by atoms with Crippen LogP contribution in [0.2, 0.25) is 0 Å². The Morgan fingerprint density at radius 1 is 1.30 bits per heavy atom. The van der Waals surface area contributed by atoms with Crippen LogP contribution in [0.25, 0.3) is 0 Å². The van der Waals surface area contributed by atoms with Crippen molar-refractivity contribution in [2.24, 2.45) is 0 Å². The van der Waals surface area contributed by atoms with Crippen LogP contribution in [-0.2, 0) is 24.8 Å². The molecule has 2 heterocycles. The standard InChI is InChI=1S/C17H26N2O6S2/c1-2-24-16-8-7-14(19-9-3-4-11-26(19,20)21)12-17(16)27(22,23)18-13-15-6-5-10-25-15/h7-8,12,15,18H,2-6,9-11,13H2,1H3. The molecule has 2 aliphatic rings. The molecule has 0 spiro atoms. The summed E-state index contributed by atoms with van der Waals surface area (Å²) in [5.41, 5.74) is 0.343. The number of ether oxygens (including phenoxy) is 2. The molecule has 152 valence electrons. The SMILES string of the molecule is CCOc1ccc(N2CCCCS2(=O)=O)cc1S(=O)(=O)NCC1CCCO1. The Kier molecular flexibility index (Phi) is 6.29. The van der Waals surface area contributed by atoms with E-state index in [0.29, 0.717) is 31.9 Å². The summed E-state index contributed by atoms with van der Waals surface area (Å²) in [6, 6.07) is 4.49. The highest BCUT2D eigenvalue weighted by Crippen LogP contribution is 2.32. The van der Waals surface area contributed by atoms with Crippen LogP contribution in [0, 0.1) is 0 Å². The summed E-state index contributed by atoms with van der Waals surface area (Å²) >= 11 is 0. The van der Waals surface area contributed by atoms with Gasteiger partial charge < -0.3 is 9.47 Å². The molecular formula is C17H26N2O6S2. The third-order valence-corrected chi connectivity index (χ3v) is 7.99. The van der Waals surface area contributed by atoms with E-state index >= 15 is 0 Å². The smallest absolute Gasteiger partial charge is 0.244 e. The van der Waals surface area contributed by atoms with Crippen LogP contribution < -0.4 is 13.8 Å². The first-order valence-electron chi connectivity index (χ1n) is 9.22. The van der Waals surface area contributed by atoms with Crippen molar-refractivity contribution in [1.29, 1.82) is 0 Å². The predicted octanol–water partition coefficient (Wildman–Crippen LogP) is 1.47. The topological polar surface area (TPSA) is 102 Å². The fraction of sp³-hybridized carbons (Fsp3) is 0.647. The highest BCUT2D eigenvalue weighted by Gasteiger charge is 2.29. The molecule has 1 aromatic carbocycles. The molecule has 0 radical (unpaired) electrons. The first kappa shape index (κ1) is 20.4. The van der Waals surface area contributed by atoms with E-state index in [4.69, 9.17) is 9.47 Å². The van der Waals surface area contributed by atoms with Crippen molar-refractivity contribution in [3.63, 3.8) is 0 Å². The molecule has 1 aromatic rings. The molecular weight excluding hydrogens is 392 g/mol. The second-order valence-corrected chi connectivity index (χ2v) is 10.4. The molecule has 2 aliphatic heterocycles. The van der Waals surface area contributed by atoms with Crippen molar-refractivity contribution in [1.82, 2.24) is 4.72 Å². The molecule has 1 atom stereocenters. The van der Waals surface area contributed by atoms with E-state index in [1.807, 2.05) is 0 Å². The Labute approximate surface area is 160 Å². The third kappa shape index (κ3) is 4.74. The first-order chi connectivity index (χ1) is 12.8. The molecule has 0 aliphatic carbocycles. The Hall–Kier alpha value is -1.36. The predicted molar refractivity (Wildman–Crippen MR) is 102 cm³/mol. The van der Waals surface area contributed by atoms with E-state index < -0.39 is 20.0 Å². The van der Waals surface area contributed by atoms with Gasteiger partial charge in [-0.1, -0.05) is 0 Å². The Morgan fingerprint density at radius 3 is 2.78 bits per heavy atom. The summed E-state index contributed by atoms with van der Waals surface area (Å²) in [5, 5.41) is 0. The summed E-state index contributed by atoms with van der Waals surface area (Å²) in [6.45, 7) is 3.23. The van der Waals surface area contributed by atoms with Gasteiger partial charge in [-0.05, 0) is 50.8 Å². The van der Waals surface area contributed by atoms with E-state index in [9.17, 15) is 16.8 Å². The normalized spacial score (nSPS) is 22.7. The van der Waals surface area contributed by atoms with Crippen LogP contribution in [0.15, 0.2) is 23.1 Å². The van der Waals surface area contributed by atoms with Crippen molar-refractivity contribution in [2.75, 3.05) is 36.4 Å². The minimum Gasteiger partial charge on any atom is -0.492 e. The van der Waals surface area contributed by atoms with Crippen LogP contribution in [0.4, 0.5) is 5.69 Å². The summed E-state index contributed by atoms with van der Waals surface area (Å²) < 4.78 is 65.2. The first-order valence-corrected chi connectivity index (χ1v) is 12.3. The summed E-state index contributed by atoms with van der Waals surface area (Å²) in [5.74, 6) is 0.273. The minimum absolute atomic E-state index is 0.0550. The summed E-state index contributed by atoms with van der Waals surface area (Å²) in [7, 11) is -7.31. The maximum absolute atomic E-state index is 12.9. The van der Waals surface area contributed by atoms with Crippen molar-refractivity contribution < 1.29 is 26.3 Å². The molecule has 0 bridgehead atoms. The van der Waals surface area contributed by atoms with Gasteiger partial charge in [0.05, 0.1) is 24.2 Å². The highest BCUT2D eigenvalue weighted by atomic mass is 32.2. The fourth-order valence-corrected chi connectivity index (χ4v) is 6.16. The van der Waals surface area contributed by atoms with Gasteiger partial charge in [-0.3, -0.25) is 4.31 Å². The van der Waals surface area contributed by atoms with Crippen LogP contribution in [0.5, 0.6) is 5.75 Å². The van der Waals surface area contributed by atoms with Gasteiger partial charge in [0.2, 0.25) is 20.0 Å². The van der Waals surface area contributed by atoms with Gasteiger partial charge >= 0.3 is 0 Å². The molecule has 10 heteroatoms. The Morgan fingerprint density at radius 2 is 2.11 bits per heavy atom. The zero-order valence-corrected chi connectivity index (χ0v) is 17.0. The van der Waals surface area contributed by atoms with Crippen molar-refractivity contribution in [3.8, 4) is 5.75 Å². The lowest BCUT2D eigenvalue weighted by atomic mass is 10.2. The molecule has 1 unspecified atom stereocenters. The van der Waals surface area contributed by atoms with Gasteiger partial charge in [-0.15, -0.1) is 0 Å². The molecule has 0 aromatic heterocycles. The maximum atomic E-state index is 12.9. The van der Waals surface area contributed by atoms with Crippen LogP contribution >= 0.6 is 0 Å². The molecule has 3 rings (SSSR count). The molecule has 8 nitrogen and oxygen atoms in total. The lowest BCUT2D eigenvalue weighted by Gasteiger charge is -2.29. The number of benzene rings is 1. The molecule has 2 fully saturated rings. The van der Waals surface area contributed by atoms with Gasteiger partial charge in [-0.2, -0.15) is 0 Å². The average molecular weight is 419 g/mol. The second-order valence-electron chi connectivity index (χ2n) is 6.65. The van der Waals surface area contributed by atoms with Crippen LogP contribution in [0.1, 0.15) is 32.6 Å². The summed E-state index contributed by atoms with van der Waals surface area (Å²) in [6.07, 6.45) is 2.95. The Bertz CT molecular complexity index is 863. The van der Waals surface area contributed by atoms with Crippen molar-refractivity contribution in [3.05, 3.63) is 18.2 Å². The number of nitrogens with one attached hydrogen (secondary N) is 1. The summed E-state index contributed by atoms with van der Waals surface area (Å²) in [4.78, 5) is -0.0550. The van der Waals surface area contributed by atoms with Gasteiger partial charge in [0.25, 0.3) is 0 Å². The zero-order valence-electron chi connectivity index (χ0n) is 15.4. The lowest BCUT2D eigenvalue weighted by molar-refractivity contribution is 0.114. The fourth-order valence-electron chi connectivity index (χ4n) is 3.30. The minimum atomic E-state index is -3.88. The average Bonchev–Trinajstić information content (AvgIpc) is 3.14. The largest absolute Gasteiger partial charge is 0.492 e. The van der Waals surface area contributed by atoms with E-state index in [1.165, 1.54) is 16.4 Å². The van der Waals surface area contributed by atoms with E-state index in [1.54, 1.807) is 13.0 Å². The van der Waals surface area contributed by atoms with E-state index in [0.717, 1.165) is 19.3 Å². The number of anilines is 1. The number of hydrogen-bond donors (Lipinski definition) is 1. The number of nitrogens with zero attached hydrogens (tertiary/aromatic N) is 1. The highest BCUT2D eigenvalue weighted by molar-refractivity contribution is 7.92. The van der Waals surface area contributed by atoms with Crippen molar-refractivity contribution >= 4 is 25.7 Å². The van der Waals surface area contributed by atoms with Crippen LogP contribution in [-0.4, -0.2) is 55.0 Å². The molecule has 27 heavy (non-hydrogen) atoms. The van der Waals surface area contributed by atoms with Gasteiger partial charge in [-0.25, -0.2) is 21.6 Å². The zero-order chi connectivity index (χ0) is 19.5. The maximum Gasteiger partial charge on any atom is 0.244 e. The third-order valence-electron chi connectivity index (χ3n) is 4.68. The van der Waals surface area contributed by atoms with Crippen LogP contribution in [0.3, 0.4) is 0 Å².